The van der Waals surface area contributed by atoms with E-state index in [9.17, 15) is 13.2 Å². The number of sulfone groups is 1. The van der Waals surface area contributed by atoms with Gasteiger partial charge in [-0.3, -0.25) is 4.79 Å². The van der Waals surface area contributed by atoms with Crippen molar-refractivity contribution in [1.29, 1.82) is 0 Å². The minimum Gasteiger partial charge on any atom is -0.457 e. The van der Waals surface area contributed by atoms with Crippen LogP contribution >= 0.6 is 0 Å². The Morgan fingerprint density at radius 1 is 1.11 bits per heavy atom. The maximum absolute atomic E-state index is 12.9. The third-order valence-corrected chi connectivity index (χ3v) is 6.71. The van der Waals surface area contributed by atoms with E-state index in [4.69, 9.17) is 4.42 Å². The normalized spacial score (nSPS) is 18.6. The maximum atomic E-state index is 12.9. The molecular formula is C22H21NO4S. The van der Waals surface area contributed by atoms with Gasteiger partial charge < -0.3 is 9.32 Å². The Labute approximate surface area is 164 Å². The van der Waals surface area contributed by atoms with Gasteiger partial charge in [0.05, 0.1) is 11.5 Å². The topological polar surface area (TPSA) is 67.6 Å². The summed E-state index contributed by atoms with van der Waals surface area (Å²) in [5, 5.41) is 0.970. The van der Waals surface area contributed by atoms with E-state index in [1.165, 1.54) is 6.08 Å². The smallest absolute Gasteiger partial charge is 0.247 e. The molecule has 2 heterocycles. The predicted octanol–water partition coefficient (Wildman–Crippen LogP) is 3.66. The maximum Gasteiger partial charge on any atom is 0.247 e. The summed E-state index contributed by atoms with van der Waals surface area (Å²) in [6, 6.07) is 18.8. The van der Waals surface area contributed by atoms with Crippen molar-refractivity contribution < 1.29 is 17.6 Å². The largest absolute Gasteiger partial charge is 0.457 e. The summed E-state index contributed by atoms with van der Waals surface area (Å²) < 4.78 is 29.6. The van der Waals surface area contributed by atoms with E-state index in [0.717, 1.165) is 16.5 Å². The minimum atomic E-state index is -3.09. The Morgan fingerprint density at radius 3 is 2.57 bits per heavy atom. The summed E-state index contributed by atoms with van der Waals surface area (Å²) in [4.78, 5) is 14.6. The summed E-state index contributed by atoms with van der Waals surface area (Å²) in [5.41, 5.74) is 1.73. The molecule has 2 aromatic carbocycles. The van der Waals surface area contributed by atoms with Gasteiger partial charge in [-0.2, -0.15) is 0 Å². The molecule has 0 saturated carbocycles. The lowest BCUT2D eigenvalue weighted by atomic mass is 10.1. The van der Waals surface area contributed by atoms with Gasteiger partial charge in [-0.15, -0.1) is 0 Å². The number of para-hydroxylation sites is 1. The lowest BCUT2D eigenvalue weighted by Gasteiger charge is -2.27. The van der Waals surface area contributed by atoms with Crippen molar-refractivity contribution in [1.82, 2.24) is 4.90 Å². The molecule has 0 bridgehead atoms. The molecule has 0 N–H and O–H groups in total. The number of rotatable bonds is 5. The highest BCUT2D eigenvalue weighted by molar-refractivity contribution is 7.91. The van der Waals surface area contributed by atoms with Gasteiger partial charge in [0.2, 0.25) is 5.91 Å². The van der Waals surface area contributed by atoms with E-state index in [-0.39, 0.29) is 23.5 Å². The second kappa shape index (κ2) is 7.64. The third-order valence-electron chi connectivity index (χ3n) is 4.96. The van der Waals surface area contributed by atoms with Gasteiger partial charge in [0.25, 0.3) is 0 Å². The average molecular weight is 395 g/mol. The number of carbonyl (C=O) groups is 1. The monoisotopic (exact) mass is 395 g/mol. The number of nitrogens with zero attached hydrogens (tertiary/aromatic N) is 1. The van der Waals surface area contributed by atoms with Crippen molar-refractivity contribution in [3.8, 4) is 0 Å². The van der Waals surface area contributed by atoms with Crippen LogP contribution in [0.1, 0.15) is 17.7 Å². The second-order valence-corrected chi connectivity index (χ2v) is 9.26. The van der Waals surface area contributed by atoms with Crippen LogP contribution in [0.4, 0.5) is 0 Å². The second-order valence-electron chi connectivity index (χ2n) is 7.03. The van der Waals surface area contributed by atoms with Crippen LogP contribution in [0.2, 0.25) is 0 Å². The average Bonchev–Trinajstić information content (AvgIpc) is 3.27. The van der Waals surface area contributed by atoms with Gasteiger partial charge in [-0.05, 0) is 30.2 Å². The summed E-state index contributed by atoms with van der Waals surface area (Å²) in [6.45, 7) is 0.379. The van der Waals surface area contributed by atoms with Crippen LogP contribution in [0.15, 0.2) is 71.2 Å². The zero-order valence-electron chi connectivity index (χ0n) is 15.3. The first-order valence-corrected chi connectivity index (χ1v) is 11.0. The molecule has 6 heteroatoms. The number of furan rings is 1. The molecule has 144 valence electrons. The van der Waals surface area contributed by atoms with Crippen molar-refractivity contribution in [2.75, 3.05) is 11.5 Å². The van der Waals surface area contributed by atoms with Crippen LogP contribution in [-0.2, 0) is 21.2 Å². The fourth-order valence-corrected chi connectivity index (χ4v) is 5.25. The molecule has 1 aliphatic rings. The highest BCUT2D eigenvalue weighted by atomic mass is 32.2. The molecule has 1 fully saturated rings. The van der Waals surface area contributed by atoms with Crippen LogP contribution in [0.25, 0.3) is 17.0 Å². The first-order valence-electron chi connectivity index (χ1n) is 9.22. The zero-order chi connectivity index (χ0) is 19.6. The minimum absolute atomic E-state index is 0.0179. The molecule has 1 amide bonds. The molecule has 1 atom stereocenters. The molecule has 1 unspecified atom stereocenters. The Kier molecular flexibility index (Phi) is 5.05. The number of fused-ring (bicyclic) bond motifs is 1. The van der Waals surface area contributed by atoms with Crippen molar-refractivity contribution in [2.45, 2.75) is 19.0 Å². The molecular weight excluding hydrogens is 374 g/mol. The predicted molar refractivity (Wildman–Crippen MR) is 109 cm³/mol. The molecule has 0 aliphatic carbocycles. The molecule has 28 heavy (non-hydrogen) atoms. The van der Waals surface area contributed by atoms with Gasteiger partial charge in [0.1, 0.15) is 11.3 Å². The van der Waals surface area contributed by atoms with Crippen molar-refractivity contribution in [2.24, 2.45) is 0 Å². The van der Waals surface area contributed by atoms with Crippen molar-refractivity contribution >= 4 is 32.8 Å². The molecule has 1 saturated heterocycles. The van der Waals surface area contributed by atoms with Crippen molar-refractivity contribution in [3.63, 3.8) is 0 Å². The van der Waals surface area contributed by atoms with Crippen molar-refractivity contribution in [3.05, 3.63) is 78.1 Å². The van der Waals surface area contributed by atoms with Crippen LogP contribution < -0.4 is 0 Å². The fraction of sp³-hybridized carbons (Fsp3) is 0.227. The lowest BCUT2D eigenvalue weighted by molar-refractivity contribution is -0.128. The van der Waals surface area contributed by atoms with E-state index in [0.29, 0.717) is 18.7 Å². The molecule has 0 radical (unpaired) electrons. The Morgan fingerprint density at radius 2 is 1.86 bits per heavy atom. The summed E-state index contributed by atoms with van der Waals surface area (Å²) in [5.74, 6) is 0.521. The van der Waals surface area contributed by atoms with E-state index in [2.05, 4.69) is 0 Å². The number of benzene rings is 2. The van der Waals surface area contributed by atoms with E-state index in [1.807, 2.05) is 60.7 Å². The highest BCUT2D eigenvalue weighted by Gasteiger charge is 2.34. The van der Waals surface area contributed by atoms with Gasteiger partial charge >= 0.3 is 0 Å². The van der Waals surface area contributed by atoms with E-state index in [1.54, 1.807) is 11.0 Å². The number of amides is 1. The van der Waals surface area contributed by atoms with E-state index < -0.39 is 9.84 Å². The highest BCUT2D eigenvalue weighted by Crippen LogP contribution is 2.22. The molecule has 0 spiro atoms. The standard InChI is InChI=1S/C22H21NO4S/c24-22(11-10-20-14-18-8-4-5-9-21(18)27-20)23(15-17-6-2-1-3-7-17)19-12-13-28(25,26)16-19/h1-11,14,19H,12-13,15-16H2. The molecule has 1 aliphatic heterocycles. The third kappa shape index (κ3) is 4.17. The number of hydrogen-bond donors (Lipinski definition) is 0. The molecule has 5 nitrogen and oxygen atoms in total. The SMILES string of the molecule is O=C(C=Cc1cc2ccccc2o1)N(Cc1ccccc1)C1CCS(=O)(=O)C1. The molecule has 4 rings (SSSR count). The van der Waals surface area contributed by atoms with Crippen LogP contribution in [-0.4, -0.2) is 36.8 Å². The van der Waals surface area contributed by atoms with Gasteiger partial charge in [0.15, 0.2) is 9.84 Å². The van der Waals surface area contributed by atoms with Gasteiger partial charge in [-0.1, -0.05) is 48.5 Å². The van der Waals surface area contributed by atoms with E-state index >= 15 is 0 Å². The Hall–Kier alpha value is -2.86. The lowest BCUT2D eigenvalue weighted by Crippen LogP contribution is -2.39. The first-order chi connectivity index (χ1) is 13.5. The molecule has 3 aromatic rings. The summed E-state index contributed by atoms with van der Waals surface area (Å²) >= 11 is 0. The summed E-state index contributed by atoms with van der Waals surface area (Å²) in [6.07, 6.45) is 3.58. The fourth-order valence-electron chi connectivity index (χ4n) is 3.52. The molecule has 1 aromatic heterocycles. The first kappa shape index (κ1) is 18.5. The zero-order valence-corrected chi connectivity index (χ0v) is 16.1. The number of carbonyl (C=O) groups excluding carboxylic acids is 1. The summed E-state index contributed by atoms with van der Waals surface area (Å²) in [7, 11) is -3.09. The quantitative estimate of drug-likeness (QED) is 0.618. The van der Waals surface area contributed by atoms with Crippen LogP contribution in [0.3, 0.4) is 0 Å². The van der Waals surface area contributed by atoms with Crippen LogP contribution in [0.5, 0.6) is 0 Å². The van der Waals surface area contributed by atoms with Crippen LogP contribution in [0, 0.1) is 0 Å². The Bertz CT molecular complexity index is 1080. The van der Waals surface area contributed by atoms with Gasteiger partial charge in [0, 0.05) is 24.0 Å². The number of hydrogen-bond acceptors (Lipinski definition) is 4. The van der Waals surface area contributed by atoms with Gasteiger partial charge in [-0.25, -0.2) is 8.42 Å². The Balaban J connectivity index is 1.56.